The molecule has 2 N–H and O–H groups in total. The Labute approximate surface area is 188 Å². The van der Waals surface area contributed by atoms with E-state index in [-0.39, 0.29) is 30.0 Å². The van der Waals surface area contributed by atoms with E-state index in [1.807, 2.05) is 7.05 Å². The predicted octanol–water partition coefficient (Wildman–Crippen LogP) is 4.01. The standard InChI is InChI=1S/C22H37N5.HI/c1-4-26-13-6-5-11-21(26)17-24-22(23-3)25-18(2)19-10-9-12-20(16-19)27-14-7-8-15-27;/h9-10,12,16,18,21H,4-8,11,13-15,17H2,1-3H3,(H2,23,24,25);1H. The highest BCUT2D eigenvalue weighted by molar-refractivity contribution is 14.0. The Kier molecular flexibility index (Phi) is 9.85. The first-order valence-corrected chi connectivity index (χ1v) is 10.8. The molecule has 0 amide bonds. The van der Waals surface area contributed by atoms with Gasteiger partial charge < -0.3 is 15.5 Å². The summed E-state index contributed by atoms with van der Waals surface area (Å²) in [5.74, 6) is 0.899. The molecule has 2 saturated heterocycles. The zero-order valence-electron chi connectivity index (χ0n) is 17.8. The van der Waals surface area contributed by atoms with E-state index >= 15 is 0 Å². The second-order valence-electron chi connectivity index (χ2n) is 7.89. The second kappa shape index (κ2) is 11.9. The van der Waals surface area contributed by atoms with Gasteiger partial charge in [0.2, 0.25) is 0 Å². The van der Waals surface area contributed by atoms with E-state index in [9.17, 15) is 0 Å². The minimum absolute atomic E-state index is 0. The normalized spacial score (nSPS) is 21.9. The Morgan fingerprint density at radius 1 is 1.18 bits per heavy atom. The van der Waals surface area contributed by atoms with Gasteiger partial charge in [0, 0.05) is 38.4 Å². The number of likely N-dealkylation sites (N-methyl/N-ethyl adjacent to an activating group) is 1. The molecule has 6 heteroatoms. The van der Waals surface area contributed by atoms with E-state index < -0.39 is 0 Å². The molecule has 0 spiro atoms. The largest absolute Gasteiger partial charge is 0.372 e. The molecule has 0 aromatic heterocycles. The third kappa shape index (κ3) is 6.24. The van der Waals surface area contributed by atoms with Crippen molar-refractivity contribution < 1.29 is 0 Å². The Balaban J connectivity index is 0.00000280. The quantitative estimate of drug-likeness (QED) is 0.353. The van der Waals surface area contributed by atoms with Gasteiger partial charge in [-0.2, -0.15) is 0 Å². The van der Waals surface area contributed by atoms with Gasteiger partial charge in [0.1, 0.15) is 0 Å². The van der Waals surface area contributed by atoms with Crippen LogP contribution >= 0.6 is 24.0 Å². The molecule has 2 aliphatic rings. The van der Waals surface area contributed by atoms with Gasteiger partial charge in [-0.05, 0) is 63.4 Å². The molecule has 0 aliphatic carbocycles. The van der Waals surface area contributed by atoms with Gasteiger partial charge in [0.05, 0.1) is 6.04 Å². The first kappa shape index (κ1) is 23.3. The van der Waals surface area contributed by atoms with Crippen molar-refractivity contribution in [3.63, 3.8) is 0 Å². The zero-order chi connectivity index (χ0) is 19.1. The Morgan fingerprint density at radius 3 is 2.64 bits per heavy atom. The van der Waals surface area contributed by atoms with Crippen LogP contribution in [0.5, 0.6) is 0 Å². The number of piperidine rings is 1. The first-order valence-electron chi connectivity index (χ1n) is 10.8. The Morgan fingerprint density at radius 2 is 1.93 bits per heavy atom. The number of anilines is 1. The van der Waals surface area contributed by atoms with Crippen LogP contribution in [0.3, 0.4) is 0 Å². The monoisotopic (exact) mass is 499 g/mol. The lowest BCUT2D eigenvalue weighted by Gasteiger charge is -2.35. The van der Waals surface area contributed by atoms with Gasteiger partial charge in [0.15, 0.2) is 5.96 Å². The minimum atomic E-state index is 0. The van der Waals surface area contributed by atoms with Crippen LogP contribution in [0.1, 0.15) is 57.6 Å². The van der Waals surface area contributed by atoms with Crippen molar-refractivity contribution in [1.82, 2.24) is 15.5 Å². The van der Waals surface area contributed by atoms with Crippen LogP contribution in [0.4, 0.5) is 5.69 Å². The van der Waals surface area contributed by atoms with Gasteiger partial charge in [-0.3, -0.25) is 9.89 Å². The molecule has 2 fully saturated rings. The molecule has 28 heavy (non-hydrogen) atoms. The predicted molar refractivity (Wildman–Crippen MR) is 131 cm³/mol. The number of nitrogens with one attached hydrogen (secondary N) is 2. The molecule has 2 unspecified atom stereocenters. The lowest BCUT2D eigenvalue weighted by atomic mass is 10.0. The summed E-state index contributed by atoms with van der Waals surface area (Å²) in [6.45, 7) is 10.2. The summed E-state index contributed by atoms with van der Waals surface area (Å²) in [6.07, 6.45) is 6.58. The van der Waals surface area contributed by atoms with Crippen LogP contribution in [-0.4, -0.2) is 56.7 Å². The number of aliphatic imine (C=N–C) groups is 1. The molecule has 5 nitrogen and oxygen atoms in total. The average molecular weight is 499 g/mol. The molecule has 2 atom stereocenters. The SMILES string of the molecule is CCN1CCCCC1CNC(=NC)NC(C)c1cccc(N2CCCC2)c1.I. The van der Waals surface area contributed by atoms with Crippen LogP contribution in [0, 0.1) is 0 Å². The fourth-order valence-electron chi connectivity index (χ4n) is 4.37. The number of benzene rings is 1. The summed E-state index contributed by atoms with van der Waals surface area (Å²) in [7, 11) is 1.86. The maximum absolute atomic E-state index is 4.45. The first-order chi connectivity index (χ1) is 13.2. The van der Waals surface area contributed by atoms with Gasteiger partial charge >= 0.3 is 0 Å². The molecular weight excluding hydrogens is 461 g/mol. The smallest absolute Gasteiger partial charge is 0.191 e. The summed E-state index contributed by atoms with van der Waals surface area (Å²) in [6, 6.07) is 9.81. The van der Waals surface area contributed by atoms with Crippen molar-refractivity contribution in [3.8, 4) is 0 Å². The van der Waals surface area contributed by atoms with Crippen LogP contribution < -0.4 is 15.5 Å². The lowest BCUT2D eigenvalue weighted by Crippen LogP contribution is -2.49. The van der Waals surface area contributed by atoms with Crippen LogP contribution in [0.15, 0.2) is 29.3 Å². The summed E-state index contributed by atoms with van der Waals surface area (Å²) in [5, 5.41) is 7.14. The minimum Gasteiger partial charge on any atom is -0.372 e. The summed E-state index contributed by atoms with van der Waals surface area (Å²) < 4.78 is 0. The molecule has 3 rings (SSSR count). The summed E-state index contributed by atoms with van der Waals surface area (Å²) >= 11 is 0. The third-order valence-corrected chi connectivity index (χ3v) is 6.08. The fraction of sp³-hybridized carbons (Fsp3) is 0.682. The molecular formula is C22H38IN5. The number of guanidine groups is 1. The van der Waals surface area contributed by atoms with Gasteiger partial charge in [-0.25, -0.2) is 0 Å². The maximum atomic E-state index is 4.45. The second-order valence-corrected chi connectivity index (χ2v) is 7.89. The number of rotatable bonds is 6. The van der Waals surface area contributed by atoms with Crippen molar-refractivity contribution in [3.05, 3.63) is 29.8 Å². The molecule has 0 radical (unpaired) electrons. The topological polar surface area (TPSA) is 42.9 Å². The number of nitrogens with zero attached hydrogens (tertiary/aromatic N) is 3. The van der Waals surface area contributed by atoms with Crippen molar-refractivity contribution in [2.75, 3.05) is 44.7 Å². The molecule has 2 heterocycles. The zero-order valence-corrected chi connectivity index (χ0v) is 20.1. The molecule has 1 aromatic rings. The van der Waals surface area contributed by atoms with E-state index in [0.717, 1.165) is 19.0 Å². The Hall–Kier alpha value is -1.02. The van der Waals surface area contributed by atoms with E-state index in [0.29, 0.717) is 6.04 Å². The van der Waals surface area contributed by atoms with Crippen molar-refractivity contribution >= 4 is 35.6 Å². The lowest BCUT2D eigenvalue weighted by molar-refractivity contribution is 0.157. The van der Waals surface area contributed by atoms with Crippen LogP contribution in [-0.2, 0) is 0 Å². The molecule has 0 bridgehead atoms. The van der Waals surface area contributed by atoms with E-state index in [1.165, 1.54) is 63.0 Å². The van der Waals surface area contributed by atoms with Gasteiger partial charge in [-0.15, -0.1) is 24.0 Å². The maximum Gasteiger partial charge on any atom is 0.191 e. The van der Waals surface area contributed by atoms with Crippen LogP contribution in [0.2, 0.25) is 0 Å². The Bertz CT molecular complexity index is 615. The number of likely N-dealkylation sites (tertiary alicyclic amines) is 1. The van der Waals surface area contributed by atoms with Crippen molar-refractivity contribution in [1.29, 1.82) is 0 Å². The molecule has 158 valence electrons. The van der Waals surface area contributed by atoms with Crippen molar-refractivity contribution in [2.24, 2.45) is 4.99 Å². The number of hydrogen-bond donors (Lipinski definition) is 2. The summed E-state index contributed by atoms with van der Waals surface area (Å²) in [4.78, 5) is 9.54. The van der Waals surface area contributed by atoms with Gasteiger partial charge in [0.25, 0.3) is 0 Å². The summed E-state index contributed by atoms with van der Waals surface area (Å²) in [5.41, 5.74) is 2.66. The average Bonchev–Trinajstić information content (AvgIpc) is 3.26. The van der Waals surface area contributed by atoms with Crippen molar-refractivity contribution in [2.45, 2.75) is 58.0 Å². The number of halogens is 1. The van der Waals surface area contributed by atoms with Gasteiger partial charge in [-0.1, -0.05) is 25.5 Å². The molecule has 1 aromatic carbocycles. The molecule has 0 saturated carbocycles. The number of hydrogen-bond acceptors (Lipinski definition) is 3. The fourth-order valence-corrected chi connectivity index (χ4v) is 4.37. The van der Waals surface area contributed by atoms with E-state index in [2.05, 4.69) is 63.5 Å². The third-order valence-electron chi connectivity index (χ3n) is 6.08. The highest BCUT2D eigenvalue weighted by Crippen LogP contribution is 2.24. The van der Waals surface area contributed by atoms with E-state index in [4.69, 9.17) is 0 Å². The van der Waals surface area contributed by atoms with Crippen LogP contribution in [0.25, 0.3) is 0 Å². The highest BCUT2D eigenvalue weighted by Gasteiger charge is 2.21. The molecule has 2 aliphatic heterocycles. The highest BCUT2D eigenvalue weighted by atomic mass is 127. The van der Waals surface area contributed by atoms with E-state index in [1.54, 1.807) is 0 Å².